The zero-order valence-corrected chi connectivity index (χ0v) is 11.8. The minimum atomic E-state index is 0.0138. The summed E-state index contributed by atoms with van der Waals surface area (Å²) in [6, 6.07) is 7.54. The fraction of sp³-hybridized carbons (Fsp3) is 0.333. The van der Waals surface area contributed by atoms with Crippen LogP contribution in [0.25, 0.3) is 0 Å². The Kier molecular flexibility index (Phi) is 5.79. The molecule has 0 fully saturated rings. The van der Waals surface area contributed by atoms with Gasteiger partial charge in [0.1, 0.15) is 0 Å². The fourth-order valence-electron chi connectivity index (χ4n) is 1.39. The summed E-state index contributed by atoms with van der Waals surface area (Å²) in [7, 11) is 0. The number of amides is 1. The molecule has 2 N–H and O–H groups in total. The summed E-state index contributed by atoms with van der Waals surface area (Å²) in [5.41, 5.74) is 2.77. The first-order chi connectivity index (χ1) is 9.01. The number of nitrogens with one attached hydrogen (secondary N) is 2. The van der Waals surface area contributed by atoms with Gasteiger partial charge in [0, 0.05) is 17.8 Å². The molecule has 1 rings (SSSR count). The van der Waals surface area contributed by atoms with Crippen molar-refractivity contribution >= 4 is 23.1 Å². The molecule has 0 saturated carbocycles. The van der Waals surface area contributed by atoms with Crippen molar-refractivity contribution in [2.45, 2.75) is 27.2 Å². The summed E-state index contributed by atoms with van der Waals surface area (Å²) in [5, 5.41) is 5.99. The van der Waals surface area contributed by atoms with Crippen molar-refractivity contribution in [3.63, 3.8) is 0 Å². The van der Waals surface area contributed by atoms with E-state index in [0.717, 1.165) is 22.8 Å². The number of aliphatic imine (C=N–C) groups is 1. The second-order valence-electron chi connectivity index (χ2n) is 4.46. The highest BCUT2D eigenvalue weighted by Crippen LogP contribution is 2.13. The summed E-state index contributed by atoms with van der Waals surface area (Å²) >= 11 is 0. The fourth-order valence-corrected chi connectivity index (χ4v) is 1.39. The van der Waals surface area contributed by atoms with Gasteiger partial charge in [0.15, 0.2) is 0 Å². The quantitative estimate of drug-likeness (QED) is 0.483. The number of rotatable bonds is 5. The van der Waals surface area contributed by atoms with E-state index >= 15 is 0 Å². The van der Waals surface area contributed by atoms with Gasteiger partial charge in [-0.3, -0.25) is 9.79 Å². The van der Waals surface area contributed by atoms with Gasteiger partial charge in [-0.05, 0) is 38.1 Å². The van der Waals surface area contributed by atoms with Gasteiger partial charge in [-0.1, -0.05) is 19.1 Å². The SMILES string of the molecule is C=C(C)C/N=C(\C)Nc1ccc(NC(=O)CC)cc1. The first-order valence-corrected chi connectivity index (χ1v) is 6.33. The smallest absolute Gasteiger partial charge is 0.224 e. The van der Waals surface area contributed by atoms with E-state index in [0.29, 0.717) is 13.0 Å². The molecular formula is C15H21N3O. The molecule has 0 aliphatic rings. The number of hydrogen-bond donors (Lipinski definition) is 2. The van der Waals surface area contributed by atoms with Crippen LogP contribution in [0.4, 0.5) is 11.4 Å². The van der Waals surface area contributed by atoms with Gasteiger partial charge in [0.25, 0.3) is 0 Å². The summed E-state index contributed by atoms with van der Waals surface area (Å²) < 4.78 is 0. The van der Waals surface area contributed by atoms with Gasteiger partial charge in [0.2, 0.25) is 5.91 Å². The van der Waals surface area contributed by atoms with Gasteiger partial charge in [-0.15, -0.1) is 0 Å². The minimum Gasteiger partial charge on any atom is -0.344 e. The number of carbonyl (C=O) groups is 1. The second kappa shape index (κ2) is 7.36. The van der Waals surface area contributed by atoms with Gasteiger partial charge in [-0.2, -0.15) is 0 Å². The zero-order valence-electron chi connectivity index (χ0n) is 11.8. The lowest BCUT2D eigenvalue weighted by Gasteiger charge is -2.08. The van der Waals surface area contributed by atoms with Crippen LogP contribution in [0.1, 0.15) is 27.2 Å². The summed E-state index contributed by atoms with van der Waals surface area (Å²) in [6.07, 6.45) is 0.479. The standard InChI is InChI=1S/C15H21N3O/c1-5-15(19)18-14-8-6-13(7-9-14)17-12(4)16-10-11(2)3/h6-9H,2,5,10H2,1,3-4H3,(H,16,17)(H,18,19). The molecule has 0 unspecified atom stereocenters. The normalized spacial score (nSPS) is 11.0. The Morgan fingerprint density at radius 2 is 1.68 bits per heavy atom. The third-order valence-corrected chi connectivity index (χ3v) is 2.40. The van der Waals surface area contributed by atoms with Crippen molar-refractivity contribution < 1.29 is 4.79 Å². The molecule has 0 atom stereocenters. The van der Waals surface area contributed by atoms with Gasteiger partial charge in [0.05, 0.1) is 12.4 Å². The lowest BCUT2D eigenvalue weighted by atomic mass is 10.2. The van der Waals surface area contributed by atoms with Gasteiger partial charge < -0.3 is 10.6 Å². The molecule has 102 valence electrons. The van der Waals surface area contributed by atoms with E-state index in [-0.39, 0.29) is 5.91 Å². The molecule has 19 heavy (non-hydrogen) atoms. The molecule has 0 bridgehead atoms. The van der Waals surface area contributed by atoms with Crippen LogP contribution in [0.15, 0.2) is 41.4 Å². The topological polar surface area (TPSA) is 53.5 Å². The predicted octanol–water partition coefficient (Wildman–Crippen LogP) is 3.44. The van der Waals surface area contributed by atoms with Gasteiger partial charge >= 0.3 is 0 Å². The van der Waals surface area contributed by atoms with Crippen LogP contribution in [0.5, 0.6) is 0 Å². The minimum absolute atomic E-state index is 0.0138. The Morgan fingerprint density at radius 3 is 2.16 bits per heavy atom. The van der Waals surface area contributed by atoms with Crippen molar-refractivity contribution in [2.24, 2.45) is 4.99 Å². The Labute approximate surface area is 114 Å². The van der Waals surface area contributed by atoms with Gasteiger partial charge in [-0.25, -0.2) is 0 Å². The van der Waals surface area contributed by atoms with E-state index in [1.165, 1.54) is 0 Å². The van der Waals surface area contributed by atoms with Crippen molar-refractivity contribution in [3.05, 3.63) is 36.4 Å². The number of anilines is 2. The maximum Gasteiger partial charge on any atom is 0.224 e. The van der Waals surface area contributed by atoms with E-state index in [1.807, 2.05) is 45.0 Å². The molecule has 1 amide bonds. The maximum atomic E-state index is 11.2. The van der Waals surface area contributed by atoms with Crippen LogP contribution in [-0.2, 0) is 4.79 Å². The number of benzene rings is 1. The van der Waals surface area contributed by atoms with Crippen molar-refractivity contribution in [1.82, 2.24) is 0 Å². The molecule has 0 aliphatic carbocycles. The number of carbonyl (C=O) groups excluding carboxylic acids is 1. The van der Waals surface area contributed by atoms with Crippen LogP contribution in [0.2, 0.25) is 0 Å². The van der Waals surface area contributed by atoms with Crippen molar-refractivity contribution in [2.75, 3.05) is 17.2 Å². The van der Waals surface area contributed by atoms with E-state index < -0.39 is 0 Å². The second-order valence-corrected chi connectivity index (χ2v) is 4.46. The Hall–Kier alpha value is -2.10. The first-order valence-electron chi connectivity index (χ1n) is 6.33. The molecule has 0 aliphatic heterocycles. The molecular weight excluding hydrogens is 238 g/mol. The number of nitrogens with zero attached hydrogens (tertiary/aromatic N) is 1. The molecule has 0 saturated heterocycles. The highest BCUT2D eigenvalue weighted by Gasteiger charge is 1.99. The Balaban J connectivity index is 2.59. The molecule has 0 radical (unpaired) electrons. The predicted molar refractivity (Wildman–Crippen MR) is 81.8 cm³/mol. The third kappa shape index (κ3) is 5.86. The molecule has 4 nitrogen and oxygen atoms in total. The zero-order chi connectivity index (χ0) is 14.3. The highest BCUT2D eigenvalue weighted by molar-refractivity contribution is 5.94. The lowest BCUT2D eigenvalue weighted by Crippen LogP contribution is -2.10. The summed E-state index contributed by atoms with van der Waals surface area (Å²) in [6.45, 7) is 10.1. The molecule has 1 aromatic carbocycles. The number of hydrogen-bond acceptors (Lipinski definition) is 2. The van der Waals surface area contributed by atoms with E-state index in [1.54, 1.807) is 0 Å². The Bertz CT molecular complexity index is 475. The molecule has 4 heteroatoms. The third-order valence-electron chi connectivity index (χ3n) is 2.40. The summed E-state index contributed by atoms with van der Waals surface area (Å²) in [5.74, 6) is 0.855. The van der Waals surface area contributed by atoms with Crippen LogP contribution < -0.4 is 10.6 Å². The van der Waals surface area contributed by atoms with E-state index in [2.05, 4.69) is 22.2 Å². The van der Waals surface area contributed by atoms with Crippen LogP contribution in [0.3, 0.4) is 0 Å². The first kappa shape index (κ1) is 15.0. The average molecular weight is 259 g/mol. The average Bonchev–Trinajstić information content (AvgIpc) is 2.38. The van der Waals surface area contributed by atoms with Crippen LogP contribution in [-0.4, -0.2) is 18.3 Å². The van der Waals surface area contributed by atoms with Crippen molar-refractivity contribution in [3.8, 4) is 0 Å². The maximum absolute atomic E-state index is 11.2. The molecule has 0 aromatic heterocycles. The monoisotopic (exact) mass is 259 g/mol. The Morgan fingerprint density at radius 1 is 1.16 bits per heavy atom. The lowest BCUT2D eigenvalue weighted by molar-refractivity contribution is -0.115. The van der Waals surface area contributed by atoms with Crippen LogP contribution >= 0.6 is 0 Å². The molecule has 1 aromatic rings. The highest BCUT2D eigenvalue weighted by atomic mass is 16.1. The molecule has 0 spiro atoms. The van der Waals surface area contributed by atoms with E-state index in [4.69, 9.17) is 0 Å². The summed E-state index contributed by atoms with van der Waals surface area (Å²) in [4.78, 5) is 15.6. The van der Waals surface area contributed by atoms with Crippen molar-refractivity contribution in [1.29, 1.82) is 0 Å². The number of amidine groups is 1. The van der Waals surface area contributed by atoms with E-state index in [9.17, 15) is 4.79 Å². The molecule has 0 heterocycles. The largest absolute Gasteiger partial charge is 0.344 e. The van der Waals surface area contributed by atoms with Crippen LogP contribution in [0, 0.1) is 0 Å².